The van der Waals surface area contributed by atoms with Gasteiger partial charge in [0.1, 0.15) is 5.75 Å². The topological polar surface area (TPSA) is 51.7 Å². The molecule has 0 N–H and O–H groups in total. The Morgan fingerprint density at radius 2 is 2.10 bits per heavy atom. The van der Waals surface area contributed by atoms with Gasteiger partial charge in [0.05, 0.1) is 27.9 Å². The highest BCUT2D eigenvalue weighted by atomic mass is 35.5. The van der Waals surface area contributed by atoms with E-state index in [9.17, 15) is 4.79 Å². The average Bonchev–Trinajstić information content (AvgIpc) is 3.34. The zero-order chi connectivity index (χ0) is 21.3. The first-order valence-electron chi connectivity index (χ1n) is 9.47. The molecule has 0 aliphatic carbocycles. The first kappa shape index (κ1) is 21.7. The number of hydrogen-bond acceptors (Lipinski definition) is 5. The van der Waals surface area contributed by atoms with Gasteiger partial charge in [0, 0.05) is 16.7 Å². The van der Waals surface area contributed by atoms with E-state index in [1.54, 1.807) is 23.1 Å². The first-order chi connectivity index (χ1) is 14.4. The van der Waals surface area contributed by atoms with Crippen LogP contribution in [0.4, 0.5) is 5.13 Å². The van der Waals surface area contributed by atoms with Crippen molar-refractivity contribution in [2.45, 2.75) is 25.9 Å². The third kappa shape index (κ3) is 4.84. The van der Waals surface area contributed by atoms with E-state index in [1.165, 1.54) is 11.3 Å². The van der Waals surface area contributed by atoms with E-state index in [1.807, 2.05) is 19.1 Å². The second kappa shape index (κ2) is 9.28. The van der Waals surface area contributed by atoms with E-state index in [0.717, 1.165) is 28.6 Å². The van der Waals surface area contributed by atoms with Crippen LogP contribution < -0.4 is 9.64 Å². The molecule has 1 atom stereocenters. The number of aryl methyl sites for hydroxylation is 1. The quantitative estimate of drug-likeness (QED) is 0.420. The van der Waals surface area contributed by atoms with E-state index in [4.69, 9.17) is 49.3 Å². The Labute approximate surface area is 193 Å². The number of hydrogen-bond donors (Lipinski definition) is 0. The van der Waals surface area contributed by atoms with E-state index in [2.05, 4.69) is 0 Å². The molecule has 9 heteroatoms. The SMILES string of the molecule is Cc1cc(Cl)cc2sc(N(CC3CCCO3)C(=O)COc3ccc(Cl)cc3Cl)nc12. The summed E-state index contributed by atoms with van der Waals surface area (Å²) in [6.07, 6.45) is 1.87. The standard InChI is InChI=1S/C21H19Cl3N2O3S/c1-12-7-14(23)9-18-20(12)25-21(30-18)26(10-15-3-2-6-28-15)19(27)11-29-17-5-4-13(22)8-16(17)24/h4-5,7-9,15H,2-3,6,10-11H2,1H3. The lowest BCUT2D eigenvalue weighted by molar-refractivity contribution is -0.120. The molecule has 1 unspecified atom stereocenters. The number of benzene rings is 2. The third-order valence-corrected chi connectivity index (χ3v) is 6.60. The van der Waals surface area contributed by atoms with Crippen LogP contribution in [0.5, 0.6) is 5.75 Å². The maximum Gasteiger partial charge on any atom is 0.266 e. The second-order valence-corrected chi connectivity index (χ2v) is 9.36. The fourth-order valence-electron chi connectivity index (χ4n) is 3.35. The highest BCUT2D eigenvalue weighted by Gasteiger charge is 2.27. The molecule has 1 saturated heterocycles. The Hall–Kier alpha value is -1.57. The van der Waals surface area contributed by atoms with Gasteiger partial charge < -0.3 is 9.47 Å². The van der Waals surface area contributed by atoms with E-state index in [0.29, 0.717) is 39.1 Å². The van der Waals surface area contributed by atoms with Gasteiger partial charge >= 0.3 is 0 Å². The zero-order valence-corrected chi connectivity index (χ0v) is 19.2. The molecule has 5 nitrogen and oxygen atoms in total. The third-order valence-electron chi connectivity index (χ3n) is 4.83. The Bertz CT molecular complexity index is 1080. The molecule has 30 heavy (non-hydrogen) atoms. The molecule has 2 aromatic carbocycles. The number of fused-ring (bicyclic) bond motifs is 1. The largest absolute Gasteiger partial charge is 0.482 e. The Balaban J connectivity index is 1.59. The number of thiazole rings is 1. The van der Waals surface area contributed by atoms with Crippen molar-refractivity contribution < 1.29 is 14.3 Å². The molecular formula is C21H19Cl3N2O3S. The molecule has 0 bridgehead atoms. The summed E-state index contributed by atoms with van der Waals surface area (Å²) >= 11 is 19.7. The number of carbonyl (C=O) groups is 1. The summed E-state index contributed by atoms with van der Waals surface area (Å²) in [7, 11) is 0. The van der Waals surface area contributed by atoms with E-state index >= 15 is 0 Å². The highest BCUT2D eigenvalue weighted by Crippen LogP contribution is 2.34. The van der Waals surface area contributed by atoms with Crippen LogP contribution in [0.1, 0.15) is 18.4 Å². The van der Waals surface area contributed by atoms with Crippen molar-refractivity contribution in [3.63, 3.8) is 0 Å². The van der Waals surface area contributed by atoms with Gasteiger partial charge in [-0.05, 0) is 55.7 Å². The van der Waals surface area contributed by atoms with Crippen molar-refractivity contribution >= 4 is 67.4 Å². The average molecular weight is 486 g/mol. The Morgan fingerprint density at radius 1 is 1.27 bits per heavy atom. The Morgan fingerprint density at radius 3 is 2.83 bits per heavy atom. The molecule has 1 aliphatic rings. The smallest absolute Gasteiger partial charge is 0.266 e. The van der Waals surface area contributed by atoms with Gasteiger partial charge in [0.2, 0.25) is 0 Å². The monoisotopic (exact) mass is 484 g/mol. The summed E-state index contributed by atoms with van der Waals surface area (Å²) in [6, 6.07) is 8.62. The fourth-order valence-corrected chi connectivity index (χ4v) is 5.26. The number of halogens is 3. The molecule has 0 radical (unpaired) electrons. The molecule has 2 heterocycles. The van der Waals surface area contributed by atoms with Crippen molar-refractivity contribution in [2.24, 2.45) is 0 Å². The van der Waals surface area contributed by atoms with Gasteiger partial charge in [0.25, 0.3) is 5.91 Å². The first-order valence-corrected chi connectivity index (χ1v) is 11.4. The van der Waals surface area contributed by atoms with Crippen LogP contribution in [-0.2, 0) is 9.53 Å². The number of aromatic nitrogens is 1. The number of amides is 1. The minimum absolute atomic E-state index is 0.0234. The van der Waals surface area contributed by atoms with Crippen LogP contribution in [0, 0.1) is 6.92 Å². The number of carbonyl (C=O) groups excluding carboxylic acids is 1. The lowest BCUT2D eigenvalue weighted by Gasteiger charge is -2.23. The van der Waals surface area contributed by atoms with Crippen molar-refractivity contribution in [2.75, 3.05) is 24.7 Å². The summed E-state index contributed by atoms with van der Waals surface area (Å²) in [5.41, 5.74) is 1.81. The van der Waals surface area contributed by atoms with Crippen LogP contribution >= 0.6 is 46.1 Å². The lowest BCUT2D eigenvalue weighted by atomic mass is 10.2. The van der Waals surface area contributed by atoms with E-state index < -0.39 is 0 Å². The van der Waals surface area contributed by atoms with Gasteiger partial charge in [-0.15, -0.1) is 0 Å². The molecule has 4 rings (SSSR count). The van der Waals surface area contributed by atoms with Crippen molar-refractivity contribution in [1.29, 1.82) is 0 Å². The van der Waals surface area contributed by atoms with Crippen molar-refractivity contribution in [1.82, 2.24) is 4.98 Å². The summed E-state index contributed by atoms with van der Waals surface area (Å²) in [6.45, 7) is 2.90. The molecule has 0 saturated carbocycles. The molecule has 1 amide bonds. The second-order valence-electron chi connectivity index (χ2n) is 7.07. The molecule has 0 spiro atoms. The van der Waals surface area contributed by atoms with Gasteiger partial charge in [-0.1, -0.05) is 46.1 Å². The molecule has 158 valence electrons. The molecule has 1 aliphatic heterocycles. The normalized spacial score (nSPS) is 16.2. The fraction of sp³-hybridized carbons (Fsp3) is 0.333. The number of anilines is 1. The predicted molar refractivity (Wildman–Crippen MR) is 123 cm³/mol. The maximum absolute atomic E-state index is 13.1. The van der Waals surface area contributed by atoms with Gasteiger partial charge in [0.15, 0.2) is 11.7 Å². The van der Waals surface area contributed by atoms with Gasteiger partial charge in [-0.3, -0.25) is 9.69 Å². The van der Waals surface area contributed by atoms with Crippen molar-refractivity contribution in [3.05, 3.63) is 51.0 Å². The number of ether oxygens (including phenoxy) is 2. The van der Waals surface area contributed by atoms with Crippen LogP contribution in [0.2, 0.25) is 15.1 Å². The summed E-state index contributed by atoms with van der Waals surface area (Å²) in [4.78, 5) is 19.5. The minimum Gasteiger partial charge on any atom is -0.482 e. The minimum atomic E-state index is -0.223. The molecule has 3 aromatic rings. The number of rotatable bonds is 6. The summed E-state index contributed by atoms with van der Waals surface area (Å²) < 4.78 is 12.4. The summed E-state index contributed by atoms with van der Waals surface area (Å²) in [5, 5.41) is 2.10. The van der Waals surface area contributed by atoms with Crippen molar-refractivity contribution in [3.8, 4) is 5.75 Å². The van der Waals surface area contributed by atoms with Crippen LogP contribution in [-0.4, -0.2) is 36.8 Å². The maximum atomic E-state index is 13.1. The molecular weight excluding hydrogens is 467 g/mol. The highest BCUT2D eigenvalue weighted by molar-refractivity contribution is 7.22. The molecule has 1 fully saturated rings. The summed E-state index contributed by atoms with van der Waals surface area (Å²) in [5.74, 6) is 0.178. The molecule has 1 aromatic heterocycles. The van der Waals surface area contributed by atoms with Gasteiger partial charge in [-0.2, -0.15) is 0 Å². The van der Waals surface area contributed by atoms with Crippen LogP contribution in [0.15, 0.2) is 30.3 Å². The van der Waals surface area contributed by atoms with Crippen LogP contribution in [0.3, 0.4) is 0 Å². The zero-order valence-electron chi connectivity index (χ0n) is 16.2. The van der Waals surface area contributed by atoms with Gasteiger partial charge in [-0.25, -0.2) is 4.98 Å². The van der Waals surface area contributed by atoms with Crippen LogP contribution in [0.25, 0.3) is 10.2 Å². The predicted octanol–water partition coefficient (Wildman–Crippen LogP) is 6.16. The van der Waals surface area contributed by atoms with E-state index in [-0.39, 0.29) is 18.6 Å². The number of nitrogens with zero attached hydrogens (tertiary/aromatic N) is 2. The Kier molecular flexibility index (Phi) is 6.70. The lowest BCUT2D eigenvalue weighted by Crippen LogP contribution is -2.40.